The lowest BCUT2D eigenvalue weighted by molar-refractivity contribution is -0.117. The first kappa shape index (κ1) is 11.3. The number of nitrogens with one attached hydrogen (secondary N) is 2. The molecule has 1 aromatic carbocycles. The number of primary amides is 1. The molecule has 1 aliphatic rings. The molecule has 0 aromatic heterocycles. The Kier molecular flexibility index (Phi) is 3.13. The number of hydrogen-bond acceptors (Lipinski definition) is 4. The van der Waals surface area contributed by atoms with Crippen LogP contribution in [0, 0.1) is 0 Å². The minimum Gasteiger partial charge on any atom is -0.489 e. The fourth-order valence-electron chi connectivity index (χ4n) is 1.61. The van der Waals surface area contributed by atoms with E-state index >= 15 is 0 Å². The van der Waals surface area contributed by atoms with Crippen LogP contribution in [0.3, 0.4) is 0 Å². The maximum atomic E-state index is 11.8. The minimum absolute atomic E-state index is 0.185. The van der Waals surface area contributed by atoms with Gasteiger partial charge in [0.2, 0.25) is 5.91 Å². The molecule has 17 heavy (non-hydrogen) atoms. The van der Waals surface area contributed by atoms with E-state index in [2.05, 4.69) is 10.6 Å². The third kappa shape index (κ3) is 2.47. The number of carbonyl (C=O) groups is 2. The van der Waals surface area contributed by atoms with Crippen LogP contribution in [-0.2, 0) is 4.79 Å². The van der Waals surface area contributed by atoms with Gasteiger partial charge in [-0.1, -0.05) is 6.07 Å². The number of rotatable bonds is 3. The van der Waals surface area contributed by atoms with Crippen molar-refractivity contribution in [1.82, 2.24) is 5.32 Å². The molecule has 0 saturated carbocycles. The zero-order chi connectivity index (χ0) is 12.3. The van der Waals surface area contributed by atoms with E-state index in [4.69, 9.17) is 10.5 Å². The molecule has 0 spiro atoms. The maximum absolute atomic E-state index is 11.8. The maximum Gasteiger partial charge on any atom is 0.255 e. The van der Waals surface area contributed by atoms with Crippen molar-refractivity contribution in [2.24, 2.45) is 5.73 Å². The van der Waals surface area contributed by atoms with Crippen molar-refractivity contribution in [3.05, 3.63) is 23.8 Å². The van der Waals surface area contributed by atoms with Crippen molar-refractivity contribution in [2.45, 2.75) is 0 Å². The van der Waals surface area contributed by atoms with Gasteiger partial charge in [0.25, 0.3) is 5.91 Å². The summed E-state index contributed by atoms with van der Waals surface area (Å²) in [7, 11) is 0. The molecule has 0 bridgehead atoms. The first-order chi connectivity index (χ1) is 8.18. The van der Waals surface area contributed by atoms with E-state index in [1.54, 1.807) is 12.1 Å². The molecule has 0 fully saturated rings. The van der Waals surface area contributed by atoms with Gasteiger partial charge < -0.3 is 21.1 Å². The minimum atomic E-state index is -0.581. The number of amides is 2. The van der Waals surface area contributed by atoms with Crippen molar-refractivity contribution in [3.63, 3.8) is 0 Å². The highest BCUT2D eigenvalue weighted by Crippen LogP contribution is 2.30. The zero-order valence-electron chi connectivity index (χ0n) is 9.16. The highest BCUT2D eigenvalue weighted by molar-refractivity contribution is 6.00. The van der Waals surface area contributed by atoms with E-state index in [1.807, 2.05) is 6.07 Å². The van der Waals surface area contributed by atoms with Crippen LogP contribution in [0.15, 0.2) is 18.2 Å². The van der Waals surface area contributed by atoms with Gasteiger partial charge in [-0.2, -0.15) is 0 Å². The Hall–Kier alpha value is -2.24. The van der Waals surface area contributed by atoms with E-state index in [9.17, 15) is 9.59 Å². The number of para-hydroxylation sites is 1. The first-order valence-corrected chi connectivity index (χ1v) is 5.24. The SMILES string of the molecule is NC(=O)CNC(=O)c1cccc2c1OCCN2. The fraction of sp³-hybridized carbons (Fsp3) is 0.273. The summed E-state index contributed by atoms with van der Waals surface area (Å²) in [5.41, 5.74) is 6.14. The van der Waals surface area contributed by atoms with Crippen LogP contribution in [-0.4, -0.2) is 31.5 Å². The van der Waals surface area contributed by atoms with Crippen LogP contribution in [0.4, 0.5) is 5.69 Å². The topological polar surface area (TPSA) is 93.5 Å². The zero-order valence-corrected chi connectivity index (χ0v) is 9.16. The highest BCUT2D eigenvalue weighted by atomic mass is 16.5. The Bertz CT molecular complexity index is 459. The monoisotopic (exact) mass is 235 g/mol. The van der Waals surface area contributed by atoms with E-state index in [0.717, 1.165) is 5.69 Å². The molecule has 0 unspecified atom stereocenters. The molecule has 6 heteroatoms. The smallest absolute Gasteiger partial charge is 0.255 e. The molecular weight excluding hydrogens is 222 g/mol. The molecule has 2 amide bonds. The van der Waals surface area contributed by atoms with Gasteiger partial charge in [0, 0.05) is 6.54 Å². The van der Waals surface area contributed by atoms with Crippen LogP contribution in [0.1, 0.15) is 10.4 Å². The number of benzene rings is 1. The Morgan fingerprint density at radius 3 is 3.06 bits per heavy atom. The summed E-state index contributed by atoms with van der Waals surface area (Å²) < 4.78 is 5.44. The molecular formula is C11H13N3O3. The van der Waals surface area contributed by atoms with Gasteiger partial charge in [-0.05, 0) is 12.1 Å². The van der Waals surface area contributed by atoms with Crippen molar-refractivity contribution in [2.75, 3.05) is 25.0 Å². The van der Waals surface area contributed by atoms with Gasteiger partial charge in [0.15, 0.2) is 5.75 Å². The van der Waals surface area contributed by atoms with Crippen molar-refractivity contribution in [1.29, 1.82) is 0 Å². The molecule has 1 heterocycles. The number of carbonyl (C=O) groups excluding carboxylic acids is 2. The molecule has 1 aliphatic heterocycles. The van der Waals surface area contributed by atoms with Crippen molar-refractivity contribution >= 4 is 17.5 Å². The number of fused-ring (bicyclic) bond motifs is 1. The van der Waals surface area contributed by atoms with Crippen LogP contribution in [0.5, 0.6) is 5.75 Å². The van der Waals surface area contributed by atoms with Crippen LogP contribution in [0.25, 0.3) is 0 Å². The van der Waals surface area contributed by atoms with Crippen LogP contribution < -0.4 is 21.1 Å². The second-order valence-corrected chi connectivity index (χ2v) is 3.61. The Morgan fingerprint density at radius 2 is 2.29 bits per heavy atom. The summed E-state index contributed by atoms with van der Waals surface area (Å²) in [6, 6.07) is 5.22. The lowest BCUT2D eigenvalue weighted by Crippen LogP contribution is -2.34. The molecule has 0 atom stereocenters. The Balaban J connectivity index is 2.20. The first-order valence-electron chi connectivity index (χ1n) is 5.24. The Morgan fingerprint density at radius 1 is 1.47 bits per heavy atom. The lowest BCUT2D eigenvalue weighted by Gasteiger charge is -2.21. The average Bonchev–Trinajstić information content (AvgIpc) is 2.35. The predicted octanol–water partition coefficient (Wildman–Crippen LogP) is -0.294. The standard InChI is InChI=1S/C11H13N3O3/c12-9(15)6-14-11(16)7-2-1-3-8-10(7)17-5-4-13-8/h1-3,13H,4-6H2,(H2,12,15)(H,14,16). The number of ether oxygens (including phenoxy) is 1. The van der Waals surface area contributed by atoms with Gasteiger partial charge in [-0.3, -0.25) is 9.59 Å². The molecule has 2 rings (SSSR count). The van der Waals surface area contributed by atoms with E-state index in [0.29, 0.717) is 24.5 Å². The molecule has 6 nitrogen and oxygen atoms in total. The quantitative estimate of drug-likeness (QED) is 0.671. The third-order valence-electron chi connectivity index (χ3n) is 2.35. The number of hydrogen-bond donors (Lipinski definition) is 3. The largest absolute Gasteiger partial charge is 0.489 e. The summed E-state index contributed by atoms with van der Waals surface area (Å²) in [4.78, 5) is 22.4. The summed E-state index contributed by atoms with van der Waals surface area (Å²) in [5, 5.41) is 5.55. The molecule has 0 saturated heterocycles. The summed E-state index contributed by atoms with van der Waals surface area (Å²) in [5.74, 6) is -0.438. The molecule has 1 aromatic rings. The lowest BCUT2D eigenvalue weighted by atomic mass is 10.1. The summed E-state index contributed by atoms with van der Waals surface area (Å²) >= 11 is 0. The summed E-state index contributed by atoms with van der Waals surface area (Å²) in [6.45, 7) is 1.03. The van der Waals surface area contributed by atoms with Gasteiger partial charge in [-0.15, -0.1) is 0 Å². The van der Waals surface area contributed by atoms with Gasteiger partial charge in [0.05, 0.1) is 17.8 Å². The van der Waals surface area contributed by atoms with Crippen molar-refractivity contribution in [3.8, 4) is 5.75 Å². The predicted molar refractivity (Wildman–Crippen MR) is 62.0 cm³/mol. The molecule has 0 aliphatic carbocycles. The van der Waals surface area contributed by atoms with Crippen LogP contribution >= 0.6 is 0 Å². The summed E-state index contributed by atoms with van der Waals surface area (Å²) in [6.07, 6.45) is 0. The normalized spacial score (nSPS) is 12.9. The average molecular weight is 235 g/mol. The third-order valence-corrected chi connectivity index (χ3v) is 2.35. The van der Waals surface area contributed by atoms with E-state index in [1.165, 1.54) is 0 Å². The molecule has 90 valence electrons. The number of nitrogens with two attached hydrogens (primary N) is 1. The van der Waals surface area contributed by atoms with Crippen LogP contribution in [0.2, 0.25) is 0 Å². The number of anilines is 1. The molecule has 0 radical (unpaired) electrons. The van der Waals surface area contributed by atoms with Crippen molar-refractivity contribution < 1.29 is 14.3 Å². The van der Waals surface area contributed by atoms with E-state index in [-0.39, 0.29) is 12.5 Å². The Labute approximate surface area is 98.1 Å². The second-order valence-electron chi connectivity index (χ2n) is 3.61. The van der Waals surface area contributed by atoms with Gasteiger partial charge >= 0.3 is 0 Å². The fourth-order valence-corrected chi connectivity index (χ4v) is 1.61. The highest BCUT2D eigenvalue weighted by Gasteiger charge is 2.18. The second kappa shape index (κ2) is 4.73. The molecule has 4 N–H and O–H groups in total. The van der Waals surface area contributed by atoms with E-state index < -0.39 is 5.91 Å². The van der Waals surface area contributed by atoms with Gasteiger partial charge in [-0.25, -0.2) is 0 Å². The van der Waals surface area contributed by atoms with Gasteiger partial charge in [0.1, 0.15) is 6.61 Å².